The van der Waals surface area contributed by atoms with Gasteiger partial charge >= 0.3 is 5.97 Å². The second-order valence-corrected chi connectivity index (χ2v) is 10.1. The molecule has 0 radical (unpaired) electrons. The van der Waals surface area contributed by atoms with Crippen molar-refractivity contribution in [2.45, 2.75) is 32.2 Å². The number of para-hydroxylation sites is 1. The highest BCUT2D eigenvalue weighted by atomic mass is 32.1. The van der Waals surface area contributed by atoms with Gasteiger partial charge < -0.3 is 21.1 Å². The van der Waals surface area contributed by atoms with Gasteiger partial charge in [0.05, 0.1) is 22.7 Å². The van der Waals surface area contributed by atoms with Crippen LogP contribution in [0.1, 0.15) is 45.5 Å². The Labute approximate surface area is 217 Å². The van der Waals surface area contributed by atoms with Crippen LogP contribution in [-0.2, 0) is 4.79 Å². The van der Waals surface area contributed by atoms with E-state index in [0.717, 1.165) is 21.3 Å². The topological polar surface area (TPSA) is 120 Å². The van der Waals surface area contributed by atoms with E-state index in [4.69, 9.17) is 0 Å². The number of rotatable bonds is 7. The van der Waals surface area contributed by atoms with Crippen LogP contribution < -0.4 is 16.0 Å². The van der Waals surface area contributed by atoms with Gasteiger partial charge in [-0.05, 0) is 49.9 Å². The van der Waals surface area contributed by atoms with Crippen molar-refractivity contribution in [3.63, 3.8) is 0 Å². The van der Waals surface area contributed by atoms with Gasteiger partial charge in [0.25, 0.3) is 11.8 Å². The molecule has 1 aliphatic rings. The number of hydrogen-bond donors (Lipinski definition) is 4. The average molecular weight is 515 g/mol. The van der Waals surface area contributed by atoms with Crippen molar-refractivity contribution >= 4 is 56.4 Å². The summed E-state index contributed by atoms with van der Waals surface area (Å²) in [6, 6.07) is 16.8. The predicted molar refractivity (Wildman–Crippen MR) is 145 cm³/mol. The molecule has 37 heavy (non-hydrogen) atoms. The van der Waals surface area contributed by atoms with E-state index >= 15 is 0 Å². The fourth-order valence-corrected chi connectivity index (χ4v) is 5.51. The molecule has 2 atom stereocenters. The predicted octanol–water partition coefficient (Wildman–Crippen LogP) is 5.58. The van der Waals surface area contributed by atoms with Gasteiger partial charge in [-0.1, -0.05) is 36.4 Å². The minimum absolute atomic E-state index is 0.214. The van der Waals surface area contributed by atoms with Crippen LogP contribution in [0.5, 0.6) is 0 Å². The molecule has 1 saturated carbocycles. The third-order valence-corrected chi connectivity index (χ3v) is 7.60. The second kappa shape index (κ2) is 10.4. The first-order valence-electron chi connectivity index (χ1n) is 12.0. The Hall–Kier alpha value is -4.24. The maximum atomic E-state index is 13.3. The summed E-state index contributed by atoms with van der Waals surface area (Å²) >= 11 is 1.49. The third kappa shape index (κ3) is 5.31. The molecular weight excluding hydrogens is 488 g/mol. The van der Waals surface area contributed by atoms with Crippen molar-refractivity contribution in [1.82, 2.24) is 10.3 Å². The number of carbonyl (C=O) groups excluding carboxylic acids is 2. The Morgan fingerprint density at radius 2 is 1.78 bits per heavy atom. The molecule has 1 fully saturated rings. The molecule has 8 nitrogen and oxygen atoms in total. The normalized spacial score (nSPS) is 16.9. The number of carboxylic acid groups (broad SMARTS) is 1. The summed E-state index contributed by atoms with van der Waals surface area (Å²) in [5.41, 5.74) is 3.02. The van der Waals surface area contributed by atoms with Crippen LogP contribution in [0.2, 0.25) is 0 Å². The summed E-state index contributed by atoms with van der Waals surface area (Å²) in [4.78, 5) is 42.1. The fraction of sp³-hybridized carbons (Fsp3) is 0.214. The summed E-state index contributed by atoms with van der Waals surface area (Å²) in [5, 5.41) is 21.0. The SMILES string of the molecule is Cc1ccccc1Nc1ncc(C(=O)N[C@@H]2CC[C@@H](C(=O)O)C2)cc1NC(=O)c1csc2ccccc12. The monoisotopic (exact) mass is 514 g/mol. The second-order valence-electron chi connectivity index (χ2n) is 9.18. The van der Waals surface area contributed by atoms with Gasteiger partial charge in [-0.15, -0.1) is 11.3 Å². The molecular formula is C28H26N4O4S. The minimum atomic E-state index is -0.837. The maximum absolute atomic E-state index is 13.3. The van der Waals surface area contributed by atoms with Gasteiger partial charge in [-0.3, -0.25) is 14.4 Å². The number of carbonyl (C=O) groups is 3. The molecule has 1 aliphatic carbocycles. The molecule has 2 heterocycles. The van der Waals surface area contributed by atoms with Crippen LogP contribution in [-0.4, -0.2) is 33.9 Å². The Balaban J connectivity index is 1.42. The van der Waals surface area contributed by atoms with Gasteiger partial charge in [0, 0.05) is 33.4 Å². The highest BCUT2D eigenvalue weighted by molar-refractivity contribution is 7.17. The highest BCUT2D eigenvalue weighted by Gasteiger charge is 2.31. The number of pyridine rings is 1. The number of aliphatic carboxylic acids is 1. The number of fused-ring (bicyclic) bond motifs is 1. The van der Waals surface area contributed by atoms with Crippen LogP contribution in [0.25, 0.3) is 10.1 Å². The van der Waals surface area contributed by atoms with E-state index in [0.29, 0.717) is 36.3 Å². The highest BCUT2D eigenvalue weighted by Crippen LogP contribution is 2.30. The molecule has 2 amide bonds. The first kappa shape index (κ1) is 24.5. The quantitative estimate of drug-likeness (QED) is 0.255. The number of anilines is 3. The molecule has 0 unspecified atom stereocenters. The number of carboxylic acids is 1. The van der Waals surface area contributed by atoms with Gasteiger partial charge in [0.1, 0.15) is 0 Å². The molecule has 0 spiro atoms. The van der Waals surface area contributed by atoms with Crippen molar-refractivity contribution in [3.05, 3.63) is 82.9 Å². The lowest BCUT2D eigenvalue weighted by molar-refractivity contribution is -0.141. The molecule has 0 bridgehead atoms. The summed E-state index contributed by atoms with van der Waals surface area (Å²) in [7, 11) is 0. The molecule has 4 aromatic rings. The van der Waals surface area contributed by atoms with Crippen LogP contribution in [0.3, 0.4) is 0 Å². The van der Waals surface area contributed by atoms with Gasteiger partial charge in [-0.25, -0.2) is 4.98 Å². The Kier molecular flexibility index (Phi) is 6.87. The van der Waals surface area contributed by atoms with E-state index < -0.39 is 11.9 Å². The van der Waals surface area contributed by atoms with Crippen molar-refractivity contribution in [3.8, 4) is 0 Å². The Morgan fingerprint density at radius 1 is 1.00 bits per heavy atom. The number of nitrogens with zero attached hydrogens (tertiary/aromatic N) is 1. The summed E-state index contributed by atoms with van der Waals surface area (Å²) < 4.78 is 1.01. The van der Waals surface area contributed by atoms with Crippen LogP contribution in [0, 0.1) is 12.8 Å². The summed E-state index contributed by atoms with van der Waals surface area (Å²) in [6.45, 7) is 1.96. The first-order chi connectivity index (χ1) is 17.9. The Morgan fingerprint density at radius 3 is 2.57 bits per heavy atom. The van der Waals surface area contributed by atoms with Crippen molar-refractivity contribution in [2.24, 2.45) is 5.92 Å². The number of benzene rings is 2. The number of nitrogens with one attached hydrogen (secondary N) is 3. The molecule has 2 aromatic carbocycles. The molecule has 9 heteroatoms. The van der Waals surface area contributed by atoms with E-state index in [-0.39, 0.29) is 23.4 Å². The van der Waals surface area contributed by atoms with Crippen molar-refractivity contribution < 1.29 is 19.5 Å². The van der Waals surface area contributed by atoms with Crippen LogP contribution >= 0.6 is 11.3 Å². The molecule has 188 valence electrons. The summed E-state index contributed by atoms with van der Waals surface area (Å²) in [5.74, 6) is -1.53. The van der Waals surface area contributed by atoms with E-state index in [1.165, 1.54) is 17.5 Å². The van der Waals surface area contributed by atoms with Gasteiger partial charge in [0.2, 0.25) is 0 Å². The fourth-order valence-electron chi connectivity index (χ4n) is 4.57. The lowest BCUT2D eigenvalue weighted by Gasteiger charge is -2.16. The van der Waals surface area contributed by atoms with E-state index in [1.807, 2.05) is 60.8 Å². The molecule has 5 rings (SSSR count). The van der Waals surface area contributed by atoms with E-state index in [9.17, 15) is 19.5 Å². The zero-order chi connectivity index (χ0) is 25.9. The Bertz CT molecular complexity index is 1500. The smallest absolute Gasteiger partial charge is 0.306 e. The number of amides is 2. The van der Waals surface area contributed by atoms with E-state index in [1.54, 1.807) is 6.07 Å². The van der Waals surface area contributed by atoms with Crippen molar-refractivity contribution in [1.29, 1.82) is 0 Å². The number of thiophene rings is 1. The number of aryl methyl sites for hydroxylation is 1. The zero-order valence-electron chi connectivity index (χ0n) is 20.2. The maximum Gasteiger partial charge on any atom is 0.306 e. The van der Waals surface area contributed by atoms with Gasteiger partial charge in [-0.2, -0.15) is 0 Å². The lowest BCUT2D eigenvalue weighted by Crippen LogP contribution is -2.33. The largest absolute Gasteiger partial charge is 0.481 e. The standard InChI is InChI=1S/C28H26N4O4S/c1-16-6-2-4-8-22(16)31-25-23(32-27(34)21-15-37-24-9-5-3-7-20(21)24)13-18(14-29-25)26(33)30-19-11-10-17(12-19)28(35)36/h2-9,13-15,17,19H,10-12H2,1H3,(H,29,31)(H,30,33)(H,32,34)(H,35,36)/t17-,19-/m1/s1. The third-order valence-electron chi connectivity index (χ3n) is 6.64. The summed E-state index contributed by atoms with van der Waals surface area (Å²) in [6.07, 6.45) is 3.00. The lowest BCUT2D eigenvalue weighted by atomic mass is 10.1. The average Bonchev–Trinajstić information content (AvgIpc) is 3.54. The first-order valence-corrected chi connectivity index (χ1v) is 12.9. The molecule has 0 aliphatic heterocycles. The minimum Gasteiger partial charge on any atom is -0.481 e. The van der Waals surface area contributed by atoms with Gasteiger partial charge in [0.15, 0.2) is 5.82 Å². The van der Waals surface area contributed by atoms with Crippen LogP contribution in [0.15, 0.2) is 66.2 Å². The van der Waals surface area contributed by atoms with E-state index in [2.05, 4.69) is 20.9 Å². The molecule has 4 N–H and O–H groups in total. The molecule has 0 saturated heterocycles. The van der Waals surface area contributed by atoms with Crippen LogP contribution in [0.4, 0.5) is 17.2 Å². The van der Waals surface area contributed by atoms with Crippen molar-refractivity contribution in [2.75, 3.05) is 10.6 Å². The number of hydrogen-bond acceptors (Lipinski definition) is 6. The molecule has 2 aromatic heterocycles. The number of aromatic nitrogens is 1. The zero-order valence-corrected chi connectivity index (χ0v) is 21.0.